The molecule has 0 spiro atoms. The third-order valence-corrected chi connectivity index (χ3v) is 2.31. The molecule has 3 nitrogen and oxygen atoms in total. The summed E-state index contributed by atoms with van der Waals surface area (Å²) < 4.78 is 18.0. The van der Waals surface area contributed by atoms with Crippen LogP contribution in [0.25, 0.3) is 0 Å². The average Bonchev–Trinajstić information content (AvgIpc) is 2.25. The predicted molar refractivity (Wildman–Crippen MR) is 65.4 cm³/mol. The van der Waals surface area contributed by atoms with Gasteiger partial charge in [-0.05, 0) is 25.5 Å². The molecule has 0 bridgehead atoms. The molecule has 0 heterocycles. The largest absolute Gasteiger partial charge is 0.496 e. The molecule has 0 saturated carbocycles. The summed E-state index contributed by atoms with van der Waals surface area (Å²) in [5, 5.41) is 0. The molecule has 92 valence electrons. The van der Waals surface area contributed by atoms with Crippen LogP contribution in [0.2, 0.25) is 0 Å². The van der Waals surface area contributed by atoms with Gasteiger partial charge in [0.2, 0.25) is 0 Å². The third kappa shape index (κ3) is 3.96. The topological polar surface area (TPSA) is 61.3 Å². The summed E-state index contributed by atoms with van der Waals surface area (Å²) in [5.41, 5.74) is 12.2. The van der Waals surface area contributed by atoms with Gasteiger partial charge in [-0.2, -0.15) is 0 Å². The summed E-state index contributed by atoms with van der Waals surface area (Å²) in [4.78, 5) is 0. The van der Waals surface area contributed by atoms with Crippen LogP contribution in [0.3, 0.4) is 0 Å². The highest BCUT2D eigenvalue weighted by Gasteiger charge is 2.11. The van der Waals surface area contributed by atoms with Crippen LogP contribution in [0.5, 0.6) is 5.75 Å². The van der Waals surface area contributed by atoms with Crippen LogP contribution in [0, 0.1) is 5.82 Å². The second-order valence-corrected chi connectivity index (χ2v) is 3.42. The second-order valence-electron chi connectivity index (χ2n) is 3.42. The Morgan fingerprint density at radius 3 is 2.69 bits per heavy atom. The van der Waals surface area contributed by atoms with E-state index in [1.165, 1.54) is 19.2 Å². The van der Waals surface area contributed by atoms with Gasteiger partial charge in [0.05, 0.1) is 7.11 Å². The number of methoxy groups -OCH3 is 1. The fourth-order valence-corrected chi connectivity index (χ4v) is 1.48. The molecule has 0 aliphatic carbocycles. The summed E-state index contributed by atoms with van der Waals surface area (Å²) in [6, 6.07) is 4.25. The molecule has 0 saturated heterocycles. The van der Waals surface area contributed by atoms with Crippen molar-refractivity contribution in [3.8, 4) is 5.75 Å². The monoisotopic (exact) mass is 248 g/mol. The first kappa shape index (κ1) is 15.2. The van der Waals surface area contributed by atoms with Crippen molar-refractivity contribution < 1.29 is 9.13 Å². The van der Waals surface area contributed by atoms with Gasteiger partial charge in [0, 0.05) is 17.7 Å². The molecule has 0 aromatic heterocycles. The normalized spacial score (nSPS) is 11.8. The van der Waals surface area contributed by atoms with Gasteiger partial charge in [0.25, 0.3) is 0 Å². The zero-order valence-corrected chi connectivity index (χ0v) is 10.1. The molecular weight excluding hydrogens is 231 g/mol. The molecule has 5 heteroatoms. The Kier molecular flexibility index (Phi) is 7.05. The van der Waals surface area contributed by atoms with E-state index in [1.54, 1.807) is 6.07 Å². The van der Waals surface area contributed by atoms with Gasteiger partial charge in [-0.1, -0.05) is 6.07 Å². The van der Waals surface area contributed by atoms with Crippen molar-refractivity contribution in [1.82, 2.24) is 0 Å². The first-order valence-corrected chi connectivity index (χ1v) is 4.98. The molecule has 4 N–H and O–H groups in total. The van der Waals surface area contributed by atoms with E-state index in [0.29, 0.717) is 12.3 Å². The maximum absolute atomic E-state index is 12.9. The van der Waals surface area contributed by atoms with E-state index in [0.717, 1.165) is 18.4 Å². The first-order chi connectivity index (χ1) is 7.19. The van der Waals surface area contributed by atoms with Gasteiger partial charge in [-0.3, -0.25) is 0 Å². The Morgan fingerprint density at radius 2 is 2.12 bits per heavy atom. The highest BCUT2D eigenvalue weighted by Crippen LogP contribution is 2.26. The van der Waals surface area contributed by atoms with E-state index in [2.05, 4.69) is 0 Å². The zero-order valence-electron chi connectivity index (χ0n) is 9.28. The van der Waals surface area contributed by atoms with E-state index in [-0.39, 0.29) is 24.3 Å². The number of rotatable bonds is 5. The van der Waals surface area contributed by atoms with Gasteiger partial charge in [-0.25, -0.2) is 4.39 Å². The minimum absolute atomic E-state index is 0. The number of ether oxygens (including phenoxy) is 1. The minimum atomic E-state index is -0.318. The summed E-state index contributed by atoms with van der Waals surface area (Å²) in [7, 11) is 1.51. The van der Waals surface area contributed by atoms with E-state index < -0.39 is 0 Å². The van der Waals surface area contributed by atoms with Crippen LogP contribution >= 0.6 is 12.4 Å². The molecule has 0 amide bonds. The lowest BCUT2D eigenvalue weighted by Gasteiger charge is -2.15. The van der Waals surface area contributed by atoms with Crippen molar-refractivity contribution in [1.29, 1.82) is 0 Å². The zero-order chi connectivity index (χ0) is 11.3. The molecule has 1 aromatic rings. The van der Waals surface area contributed by atoms with Crippen LogP contribution in [0.15, 0.2) is 18.2 Å². The van der Waals surface area contributed by atoms with Gasteiger partial charge in [-0.15, -0.1) is 12.4 Å². The third-order valence-electron chi connectivity index (χ3n) is 2.31. The van der Waals surface area contributed by atoms with E-state index in [9.17, 15) is 4.39 Å². The smallest absolute Gasteiger partial charge is 0.126 e. The molecular formula is C11H18ClFN2O. The highest BCUT2D eigenvalue weighted by atomic mass is 35.5. The molecule has 0 aliphatic rings. The predicted octanol–water partition coefficient (Wildman–Crippen LogP) is 1.99. The van der Waals surface area contributed by atoms with Crippen molar-refractivity contribution in [3.05, 3.63) is 29.6 Å². The number of nitrogens with two attached hydrogens (primary N) is 2. The van der Waals surface area contributed by atoms with Crippen molar-refractivity contribution in [2.75, 3.05) is 13.7 Å². The Hall–Kier alpha value is -0.840. The van der Waals surface area contributed by atoms with E-state index >= 15 is 0 Å². The summed E-state index contributed by atoms with van der Waals surface area (Å²) in [6.07, 6.45) is 1.63. The molecule has 0 radical (unpaired) electrons. The number of hydrogen-bond acceptors (Lipinski definition) is 3. The van der Waals surface area contributed by atoms with Crippen molar-refractivity contribution in [3.63, 3.8) is 0 Å². The molecule has 1 rings (SSSR count). The average molecular weight is 249 g/mol. The highest BCUT2D eigenvalue weighted by molar-refractivity contribution is 5.85. The Morgan fingerprint density at radius 1 is 1.44 bits per heavy atom. The summed E-state index contributed by atoms with van der Waals surface area (Å²) in [6.45, 7) is 0.608. The van der Waals surface area contributed by atoms with E-state index in [1.807, 2.05) is 0 Å². The molecule has 0 unspecified atom stereocenters. The second kappa shape index (κ2) is 7.44. The molecule has 1 aromatic carbocycles. The Bertz CT molecular complexity index is 323. The SMILES string of the molecule is COc1cc(F)ccc1[C@H](N)CCCN.Cl. The van der Waals surface area contributed by atoms with E-state index in [4.69, 9.17) is 16.2 Å². The minimum Gasteiger partial charge on any atom is -0.496 e. The van der Waals surface area contributed by atoms with Crippen LogP contribution in [-0.2, 0) is 0 Å². The lowest BCUT2D eigenvalue weighted by Crippen LogP contribution is -2.13. The Balaban J connectivity index is 0.00000225. The van der Waals surface area contributed by atoms with Gasteiger partial charge < -0.3 is 16.2 Å². The Labute approximate surface area is 101 Å². The van der Waals surface area contributed by atoms with Crippen LogP contribution in [-0.4, -0.2) is 13.7 Å². The number of halogens is 2. The maximum Gasteiger partial charge on any atom is 0.126 e. The van der Waals surface area contributed by atoms with Gasteiger partial charge in [0.15, 0.2) is 0 Å². The number of benzene rings is 1. The first-order valence-electron chi connectivity index (χ1n) is 4.98. The van der Waals surface area contributed by atoms with Crippen LogP contribution in [0.1, 0.15) is 24.4 Å². The van der Waals surface area contributed by atoms with Crippen molar-refractivity contribution in [2.24, 2.45) is 11.5 Å². The fourth-order valence-electron chi connectivity index (χ4n) is 1.48. The maximum atomic E-state index is 12.9. The number of hydrogen-bond donors (Lipinski definition) is 2. The van der Waals surface area contributed by atoms with Crippen LogP contribution < -0.4 is 16.2 Å². The molecule has 0 aliphatic heterocycles. The van der Waals surface area contributed by atoms with Crippen LogP contribution in [0.4, 0.5) is 4.39 Å². The molecule has 16 heavy (non-hydrogen) atoms. The molecule has 1 atom stereocenters. The van der Waals surface area contributed by atoms with Gasteiger partial charge in [0.1, 0.15) is 11.6 Å². The lowest BCUT2D eigenvalue weighted by molar-refractivity contribution is 0.400. The fraction of sp³-hybridized carbons (Fsp3) is 0.455. The molecule has 0 fully saturated rings. The van der Waals surface area contributed by atoms with Crippen molar-refractivity contribution >= 4 is 12.4 Å². The quantitative estimate of drug-likeness (QED) is 0.838. The summed E-state index contributed by atoms with van der Waals surface area (Å²) in [5.74, 6) is 0.182. The van der Waals surface area contributed by atoms with Crippen molar-refractivity contribution in [2.45, 2.75) is 18.9 Å². The summed E-state index contributed by atoms with van der Waals surface area (Å²) >= 11 is 0. The van der Waals surface area contributed by atoms with Gasteiger partial charge >= 0.3 is 0 Å². The standard InChI is InChI=1S/C11H17FN2O.ClH/c1-15-11-7-8(12)4-5-9(11)10(14)3-2-6-13;/h4-5,7,10H,2-3,6,13-14H2,1H3;1H/t10-;/m1./s1. The lowest BCUT2D eigenvalue weighted by atomic mass is 10.0.